The lowest BCUT2D eigenvalue weighted by atomic mass is 10.2. The van der Waals surface area contributed by atoms with Crippen molar-refractivity contribution < 1.29 is 9.53 Å². The minimum atomic E-state index is -0.186. The van der Waals surface area contributed by atoms with Crippen LogP contribution in [-0.4, -0.2) is 11.1 Å². The second kappa shape index (κ2) is 10.0. The topological polar surface area (TPSA) is 50.7 Å². The van der Waals surface area contributed by atoms with E-state index in [0.717, 1.165) is 25.8 Å². The highest BCUT2D eigenvalue weighted by atomic mass is 79.9. The van der Waals surface area contributed by atoms with E-state index < -0.39 is 0 Å². The first-order valence-corrected chi connectivity index (χ1v) is 12.0. The van der Waals surface area contributed by atoms with E-state index in [-0.39, 0.29) is 5.91 Å². The molecule has 0 saturated carbocycles. The Kier molecular flexibility index (Phi) is 7.17. The molecular formula is C23H15Br2ClN2O2S. The number of benzene rings is 3. The van der Waals surface area contributed by atoms with Gasteiger partial charge < -0.3 is 10.1 Å². The Morgan fingerprint density at radius 1 is 1.03 bits per heavy atom. The van der Waals surface area contributed by atoms with Crippen LogP contribution in [0.3, 0.4) is 0 Å². The Labute approximate surface area is 206 Å². The van der Waals surface area contributed by atoms with Gasteiger partial charge in [-0.15, -0.1) is 0 Å². The summed E-state index contributed by atoms with van der Waals surface area (Å²) >= 11 is 14.3. The second-order valence-electron chi connectivity index (χ2n) is 6.55. The van der Waals surface area contributed by atoms with E-state index in [1.165, 1.54) is 11.8 Å². The Hall–Kier alpha value is -2.06. The maximum atomic E-state index is 12.4. The van der Waals surface area contributed by atoms with Crippen LogP contribution in [-0.2, 0) is 11.4 Å². The number of rotatable bonds is 5. The van der Waals surface area contributed by atoms with Crippen LogP contribution in [0.2, 0.25) is 5.02 Å². The van der Waals surface area contributed by atoms with Gasteiger partial charge in [-0.3, -0.25) is 4.79 Å². The van der Waals surface area contributed by atoms with Crippen molar-refractivity contribution in [3.63, 3.8) is 0 Å². The number of hydrogen-bond acceptors (Lipinski definition) is 4. The zero-order valence-corrected chi connectivity index (χ0v) is 20.7. The molecule has 1 saturated heterocycles. The third-order valence-electron chi connectivity index (χ3n) is 4.25. The third kappa shape index (κ3) is 5.80. The van der Waals surface area contributed by atoms with Crippen LogP contribution < -0.4 is 10.1 Å². The van der Waals surface area contributed by atoms with Crippen LogP contribution >= 0.6 is 55.2 Å². The number of carbonyl (C=O) groups is 1. The quantitative estimate of drug-likeness (QED) is 0.323. The lowest BCUT2D eigenvalue weighted by Crippen LogP contribution is -2.19. The maximum absolute atomic E-state index is 12.4. The molecule has 3 aromatic carbocycles. The van der Waals surface area contributed by atoms with Crippen LogP contribution in [0.5, 0.6) is 5.75 Å². The number of thioether (sulfide) groups is 1. The summed E-state index contributed by atoms with van der Waals surface area (Å²) in [6, 6.07) is 20.9. The van der Waals surface area contributed by atoms with Gasteiger partial charge in [0.15, 0.2) is 5.17 Å². The summed E-state index contributed by atoms with van der Waals surface area (Å²) in [6.45, 7) is 0.460. The molecule has 8 heteroatoms. The molecule has 0 radical (unpaired) electrons. The van der Waals surface area contributed by atoms with E-state index >= 15 is 0 Å². The largest absolute Gasteiger partial charge is 0.487 e. The molecule has 1 aliphatic heterocycles. The molecule has 0 spiro atoms. The summed E-state index contributed by atoms with van der Waals surface area (Å²) in [5.41, 5.74) is 2.66. The van der Waals surface area contributed by atoms with Crippen LogP contribution in [0, 0.1) is 0 Å². The van der Waals surface area contributed by atoms with E-state index in [1.807, 2.05) is 48.5 Å². The van der Waals surface area contributed by atoms with Gasteiger partial charge in [0.2, 0.25) is 0 Å². The first kappa shape index (κ1) is 22.1. The number of hydrogen-bond donors (Lipinski definition) is 1. The number of carbonyl (C=O) groups excluding carboxylic acids is 1. The van der Waals surface area contributed by atoms with Crippen molar-refractivity contribution in [3.8, 4) is 5.75 Å². The predicted molar refractivity (Wildman–Crippen MR) is 135 cm³/mol. The molecule has 0 aliphatic carbocycles. The van der Waals surface area contributed by atoms with Gasteiger partial charge in [-0.25, -0.2) is 4.99 Å². The average Bonchev–Trinajstić information content (AvgIpc) is 3.08. The van der Waals surface area contributed by atoms with Crippen molar-refractivity contribution in [1.82, 2.24) is 5.32 Å². The van der Waals surface area contributed by atoms with E-state index in [9.17, 15) is 4.79 Å². The molecule has 31 heavy (non-hydrogen) atoms. The number of ether oxygens (including phenoxy) is 1. The van der Waals surface area contributed by atoms with Gasteiger partial charge in [-0.1, -0.05) is 41.9 Å². The highest BCUT2D eigenvalue weighted by Gasteiger charge is 2.24. The average molecular weight is 579 g/mol. The van der Waals surface area contributed by atoms with Crippen molar-refractivity contribution in [2.45, 2.75) is 6.61 Å². The lowest BCUT2D eigenvalue weighted by molar-refractivity contribution is -0.115. The van der Waals surface area contributed by atoms with Gasteiger partial charge in [-0.2, -0.15) is 0 Å². The van der Waals surface area contributed by atoms with Crippen molar-refractivity contribution in [2.24, 2.45) is 4.99 Å². The Bertz CT molecular complexity index is 1160. The van der Waals surface area contributed by atoms with Crippen molar-refractivity contribution in [2.75, 3.05) is 0 Å². The van der Waals surface area contributed by atoms with Crippen molar-refractivity contribution in [1.29, 1.82) is 0 Å². The summed E-state index contributed by atoms with van der Waals surface area (Å²) in [5, 5.41) is 3.96. The Balaban J connectivity index is 1.50. The Morgan fingerprint density at radius 2 is 1.71 bits per heavy atom. The van der Waals surface area contributed by atoms with Gasteiger partial charge in [0.25, 0.3) is 5.91 Å². The van der Waals surface area contributed by atoms with Crippen LogP contribution in [0.25, 0.3) is 6.08 Å². The van der Waals surface area contributed by atoms with Gasteiger partial charge in [0.05, 0.1) is 19.5 Å². The first-order valence-electron chi connectivity index (χ1n) is 9.19. The van der Waals surface area contributed by atoms with Crippen LogP contribution in [0.4, 0.5) is 5.69 Å². The van der Waals surface area contributed by atoms with Crippen LogP contribution in [0.15, 0.2) is 85.6 Å². The van der Waals surface area contributed by atoms with E-state index in [0.29, 0.717) is 27.5 Å². The molecular weight excluding hydrogens is 564 g/mol. The molecule has 1 N–H and O–H groups in total. The fourth-order valence-corrected chi connectivity index (χ4v) is 5.21. The van der Waals surface area contributed by atoms with Gasteiger partial charge >= 0.3 is 0 Å². The number of amidine groups is 1. The third-order valence-corrected chi connectivity index (χ3v) is 6.59. The molecule has 1 aliphatic rings. The van der Waals surface area contributed by atoms with E-state index in [1.54, 1.807) is 24.3 Å². The minimum absolute atomic E-state index is 0.186. The second-order valence-corrected chi connectivity index (χ2v) is 9.72. The zero-order valence-electron chi connectivity index (χ0n) is 15.9. The normalized spacial score (nSPS) is 16.0. The molecule has 156 valence electrons. The standard InChI is InChI=1S/C23H15Br2ClN2O2S/c24-18-10-15(11-19(25)21(18)30-13-14-4-2-1-3-5-14)12-20-22(29)28-23(31-20)27-17-8-6-16(26)7-9-17/h1-12H,13H2,(H,27,28,29)/b20-12+. The summed E-state index contributed by atoms with van der Waals surface area (Å²) in [5.74, 6) is 0.522. The highest BCUT2D eigenvalue weighted by Crippen LogP contribution is 2.37. The summed E-state index contributed by atoms with van der Waals surface area (Å²) < 4.78 is 7.55. The predicted octanol–water partition coefficient (Wildman–Crippen LogP) is 7.34. The number of halogens is 3. The van der Waals surface area contributed by atoms with Gasteiger partial charge in [0.1, 0.15) is 12.4 Å². The molecule has 1 fully saturated rings. The fourth-order valence-electron chi connectivity index (χ4n) is 2.80. The summed E-state index contributed by atoms with van der Waals surface area (Å²) in [4.78, 5) is 17.4. The molecule has 4 rings (SSSR count). The van der Waals surface area contributed by atoms with Crippen molar-refractivity contribution in [3.05, 3.63) is 96.7 Å². The van der Waals surface area contributed by atoms with Crippen LogP contribution in [0.1, 0.15) is 11.1 Å². The van der Waals surface area contributed by atoms with Crippen molar-refractivity contribution >= 4 is 78.1 Å². The number of aliphatic imine (C=N–C) groups is 1. The molecule has 0 bridgehead atoms. The van der Waals surface area contributed by atoms with E-state index in [2.05, 4.69) is 42.2 Å². The molecule has 1 heterocycles. The molecule has 4 nitrogen and oxygen atoms in total. The number of nitrogens with one attached hydrogen (secondary N) is 1. The lowest BCUT2D eigenvalue weighted by Gasteiger charge is -2.11. The molecule has 0 aromatic heterocycles. The molecule has 0 unspecified atom stereocenters. The highest BCUT2D eigenvalue weighted by molar-refractivity contribution is 9.11. The maximum Gasteiger partial charge on any atom is 0.264 e. The fraction of sp³-hybridized carbons (Fsp3) is 0.0435. The molecule has 1 amide bonds. The summed E-state index contributed by atoms with van der Waals surface area (Å²) in [7, 11) is 0. The monoisotopic (exact) mass is 576 g/mol. The number of amides is 1. The van der Waals surface area contributed by atoms with Gasteiger partial charge in [0, 0.05) is 5.02 Å². The summed E-state index contributed by atoms with van der Waals surface area (Å²) in [6.07, 6.45) is 1.82. The molecule has 3 aromatic rings. The SMILES string of the molecule is O=C1NC(=Nc2ccc(Cl)cc2)S/C1=C/c1cc(Br)c(OCc2ccccc2)c(Br)c1. The number of nitrogens with zero attached hydrogens (tertiary/aromatic N) is 1. The first-order chi connectivity index (χ1) is 15.0. The van der Waals surface area contributed by atoms with Gasteiger partial charge in [-0.05, 0) is 97.2 Å². The zero-order chi connectivity index (χ0) is 21.8. The smallest absolute Gasteiger partial charge is 0.264 e. The van der Waals surface area contributed by atoms with E-state index in [4.69, 9.17) is 16.3 Å². The molecule has 0 atom stereocenters. The minimum Gasteiger partial charge on any atom is -0.487 e. The Morgan fingerprint density at radius 3 is 2.39 bits per heavy atom.